The lowest BCUT2D eigenvalue weighted by atomic mass is 10.00. The summed E-state index contributed by atoms with van der Waals surface area (Å²) in [6, 6.07) is 24.1. The van der Waals surface area contributed by atoms with Gasteiger partial charge in [0.15, 0.2) is 0 Å². The number of rotatable bonds is 12. The fraction of sp³-hybridized carbons (Fsp3) is 0.394. The van der Waals surface area contributed by atoms with Crippen LogP contribution < -0.4 is 9.62 Å². The average molecular weight is 578 g/mol. The highest BCUT2D eigenvalue weighted by Gasteiger charge is 2.32. The topological polar surface area (TPSA) is 86.8 Å². The van der Waals surface area contributed by atoms with Gasteiger partial charge in [0, 0.05) is 31.5 Å². The lowest BCUT2D eigenvalue weighted by Crippen LogP contribution is -2.54. The molecule has 7 nitrogen and oxygen atoms in total. The first kappa shape index (κ1) is 31.9. The molecule has 3 aromatic rings. The van der Waals surface area contributed by atoms with Crippen molar-refractivity contribution in [1.82, 2.24) is 10.2 Å². The van der Waals surface area contributed by atoms with E-state index in [1.54, 1.807) is 17.0 Å². The Bertz CT molecular complexity index is 1410. The van der Waals surface area contributed by atoms with Crippen LogP contribution in [0.5, 0.6) is 0 Å². The highest BCUT2D eigenvalue weighted by Crippen LogP contribution is 2.21. The summed E-state index contributed by atoms with van der Waals surface area (Å²) in [6.07, 6.45) is 1.94. The van der Waals surface area contributed by atoms with E-state index in [4.69, 9.17) is 0 Å². The summed E-state index contributed by atoms with van der Waals surface area (Å²) in [7, 11) is -3.55. The van der Waals surface area contributed by atoms with Gasteiger partial charge in [-0.25, -0.2) is 8.42 Å². The molecule has 0 bridgehead atoms. The highest BCUT2D eigenvalue weighted by atomic mass is 32.2. The Hall–Kier alpha value is -3.65. The number of nitrogens with one attached hydrogen (secondary N) is 1. The number of amides is 2. The molecule has 0 saturated heterocycles. The summed E-state index contributed by atoms with van der Waals surface area (Å²) in [5, 5.41) is 3.07. The monoisotopic (exact) mass is 577 g/mol. The van der Waals surface area contributed by atoms with Crippen LogP contribution in [0.15, 0.2) is 78.9 Å². The van der Waals surface area contributed by atoms with Crippen LogP contribution in [0.2, 0.25) is 0 Å². The normalized spacial score (nSPS) is 12.4. The van der Waals surface area contributed by atoms with E-state index >= 15 is 0 Å². The van der Waals surface area contributed by atoms with Crippen LogP contribution in [0.4, 0.5) is 5.69 Å². The number of sulfonamides is 1. The molecule has 8 heteroatoms. The van der Waals surface area contributed by atoms with Gasteiger partial charge in [-0.3, -0.25) is 13.9 Å². The fourth-order valence-corrected chi connectivity index (χ4v) is 5.69. The molecular formula is C33H43N3O4S. The van der Waals surface area contributed by atoms with Crippen LogP contribution in [0.25, 0.3) is 0 Å². The van der Waals surface area contributed by atoms with Crippen LogP contribution in [-0.4, -0.2) is 49.5 Å². The van der Waals surface area contributed by atoms with Crippen molar-refractivity contribution in [3.63, 3.8) is 0 Å². The minimum atomic E-state index is -3.55. The molecule has 0 aliphatic carbocycles. The Balaban J connectivity index is 1.90. The number of aryl methyl sites for hydroxylation is 2. The third-order valence-electron chi connectivity index (χ3n) is 6.68. The molecule has 3 aromatic carbocycles. The standard InChI is InChI=1S/C33H43N3O4S/c1-25-17-19-29(20-18-25)36(41(6,39)40)21-11-16-31(37)35(24-28-15-10-12-26(2)22-28)30(32(38)34-33(3,4)5)23-27-13-8-7-9-14-27/h7-10,12-15,17-20,22,30H,11,16,21,23-24H2,1-6H3,(H,34,38). The van der Waals surface area contributed by atoms with Crippen molar-refractivity contribution in [1.29, 1.82) is 0 Å². The molecular weight excluding hydrogens is 534 g/mol. The van der Waals surface area contributed by atoms with Crippen molar-refractivity contribution in [3.05, 3.63) is 101 Å². The molecule has 220 valence electrons. The van der Waals surface area contributed by atoms with E-state index < -0.39 is 21.6 Å². The maximum Gasteiger partial charge on any atom is 0.243 e. The maximum absolute atomic E-state index is 13.9. The second-order valence-corrected chi connectivity index (χ2v) is 13.6. The van der Waals surface area contributed by atoms with Crippen LogP contribution in [0.3, 0.4) is 0 Å². The number of carbonyl (C=O) groups excluding carboxylic acids is 2. The Morgan fingerprint density at radius 2 is 1.49 bits per heavy atom. The molecule has 0 saturated carbocycles. The van der Waals surface area contributed by atoms with Crippen molar-refractivity contribution < 1.29 is 18.0 Å². The number of nitrogens with zero attached hydrogens (tertiary/aromatic N) is 2. The van der Waals surface area contributed by atoms with E-state index in [0.717, 1.165) is 22.3 Å². The van der Waals surface area contributed by atoms with Crippen LogP contribution in [0, 0.1) is 13.8 Å². The van der Waals surface area contributed by atoms with Gasteiger partial charge >= 0.3 is 0 Å². The first-order valence-electron chi connectivity index (χ1n) is 14.0. The van der Waals surface area contributed by atoms with Gasteiger partial charge in [0.1, 0.15) is 6.04 Å². The number of hydrogen-bond donors (Lipinski definition) is 1. The Morgan fingerprint density at radius 1 is 0.854 bits per heavy atom. The van der Waals surface area contributed by atoms with Gasteiger partial charge in [0.25, 0.3) is 0 Å². The molecule has 41 heavy (non-hydrogen) atoms. The third kappa shape index (κ3) is 10.0. The van der Waals surface area contributed by atoms with Crippen molar-refractivity contribution >= 4 is 27.5 Å². The fourth-order valence-electron chi connectivity index (χ4n) is 4.73. The summed E-state index contributed by atoms with van der Waals surface area (Å²) >= 11 is 0. The van der Waals surface area contributed by atoms with Gasteiger partial charge in [-0.15, -0.1) is 0 Å². The second-order valence-electron chi connectivity index (χ2n) is 11.7. The highest BCUT2D eigenvalue weighted by molar-refractivity contribution is 7.92. The molecule has 0 aliphatic rings. The predicted octanol–water partition coefficient (Wildman–Crippen LogP) is 5.40. The van der Waals surface area contributed by atoms with Gasteiger partial charge in [0.2, 0.25) is 21.8 Å². The molecule has 0 fully saturated rings. The van der Waals surface area contributed by atoms with Crippen LogP contribution >= 0.6 is 0 Å². The number of anilines is 1. The number of benzene rings is 3. The zero-order valence-electron chi connectivity index (χ0n) is 25.1. The maximum atomic E-state index is 13.9. The quantitative estimate of drug-likeness (QED) is 0.312. The second kappa shape index (κ2) is 13.8. The lowest BCUT2D eigenvalue weighted by Gasteiger charge is -2.34. The third-order valence-corrected chi connectivity index (χ3v) is 7.87. The van der Waals surface area contributed by atoms with Gasteiger partial charge in [-0.05, 0) is 64.3 Å². The van der Waals surface area contributed by atoms with Crippen molar-refractivity contribution in [2.45, 2.75) is 72.0 Å². The van der Waals surface area contributed by atoms with E-state index in [9.17, 15) is 18.0 Å². The van der Waals surface area contributed by atoms with E-state index in [1.807, 2.05) is 101 Å². The molecule has 0 aliphatic heterocycles. The van der Waals surface area contributed by atoms with Gasteiger partial charge in [-0.1, -0.05) is 77.9 Å². The largest absolute Gasteiger partial charge is 0.350 e. The summed E-state index contributed by atoms with van der Waals surface area (Å²) in [4.78, 5) is 29.3. The summed E-state index contributed by atoms with van der Waals surface area (Å²) in [6.45, 7) is 10.1. The average Bonchev–Trinajstić information content (AvgIpc) is 2.88. The lowest BCUT2D eigenvalue weighted by molar-refractivity contribution is -0.142. The summed E-state index contributed by atoms with van der Waals surface area (Å²) in [5.74, 6) is -0.423. The molecule has 0 heterocycles. The minimum Gasteiger partial charge on any atom is -0.350 e. The molecule has 0 aromatic heterocycles. The van der Waals surface area contributed by atoms with Crippen LogP contribution in [-0.2, 0) is 32.6 Å². The number of carbonyl (C=O) groups is 2. The van der Waals surface area contributed by atoms with E-state index in [0.29, 0.717) is 18.5 Å². The molecule has 0 radical (unpaired) electrons. The predicted molar refractivity (Wildman–Crippen MR) is 166 cm³/mol. The minimum absolute atomic E-state index is 0.0950. The zero-order valence-corrected chi connectivity index (χ0v) is 25.9. The van der Waals surface area contributed by atoms with E-state index in [1.165, 1.54) is 10.6 Å². The Kier molecular flexibility index (Phi) is 10.7. The van der Waals surface area contributed by atoms with Crippen LogP contribution in [0.1, 0.15) is 55.9 Å². The molecule has 3 rings (SSSR count). The zero-order chi connectivity index (χ0) is 30.2. The molecule has 1 N–H and O–H groups in total. The first-order valence-corrected chi connectivity index (χ1v) is 15.8. The van der Waals surface area contributed by atoms with E-state index in [2.05, 4.69) is 5.32 Å². The molecule has 1 atom stereocenters. The van der Waals surface area contributed by atoms with Gasteiger partial charge in [0.05, 0.1) is 11.9 Å². The summed E-state index contributed by atoms with van der Waals surface area (Å²) in [5.41, 5.74) is 4.06. The summed E-state index contributed by atoms with van der Waals surface area (Å²) < 4.78 is 26.6. The van der Waals surface area contributed by atoms with Crippen molar-refractivity contribution in [3.8, 4) is 0 Å². The van der Waals surface area contributed by atoms with Crippen molar-refractivity contribution in [2.75, 3.05) is 17.1 Å². The Labute approximate surface area is 245 Å². The van der Waals surface area contributed by atoms with Gasteiger partial charge < -0.3 is 10.2 Å². The smallest absolute Gasteiger partial charge is 0.243 e. The number of hydrogen-bond acceptors (Lipinski definition) is 4. The van der Waals surface area contributed by atoms with Gasteiger partial charge in [-0.2, -0.15) is 0 Å². The Morgan fingerprint density at radius 3 is 2.07 bits per heavy atom. The molecule has 2 amide bonds. The SMILES string of the molecule is Cc1ccc(N(CCCC(=O)N(Cc2cccc(C)c2)C(Cc2ccccc2)C(=O)NC(C)(C)C)S(C)(=O)=O)cc1. The first-order chi connectivity index (χ1) is 19.2. The van der Waals surface area contributed by atoms with Crippen molar-refractivity contribution in [2.24, 2.45) is 0 Å². The molecule has 0 spiro atoms. The molecule has 1 unspecified atom stereocenters. The van der Waals surface area contributed by atoms with E-state index in [-0.39, 0.29) is 31.3 Å².